The molecule has 0 bridgehead atoms. The molecule has 2 aromatic carbocycles. The third-order valence-corrected chi connectivity index (χ3v) is 4.97. The number of fused-ring (bicyclic) bond motifs is 1. The summed E-state index contributed by atoms with van der Waals surface area (Å²) >= 11 is 0. The SMILES string of the molecule is Cc1ccc(-c2cnc3nc(C(O)CCCCc4ccccc4)oc3c2)cc1. The number of hydrogen-bond acceptors (Lipinski definition) is 4. The number of pyridine rings is 1. The van der Waals surface area contributed by atoms with E-state index in [1.165, 1.54) is 11.1 Å². The maximum absolute atomic E-state index is 10.5. The van der Waals surface area contributed by atoms with Gasteiger partial charge < -0.3 is 9.52 Å². The highest BCUT2D eigenvalue weighted by molar-refractivity contribution is 5.76. The number of aliphatic hydroxyl groups excluding tert-OH is 1. The van der Waals surface area contributed by atoms with Gasteiger partial charge in [-0.1, -0.05) is 66.6 Å². The number of nitrogens with zero attached hydrogens (tertiary/aromatic N) is 2. The van der Waals surface area contributed by atoms with Crippen molar-refractivity contribution in [3.63, 3.8) is 0 Å². The Bertz CT molecular complexity index is 1040. The number of aliphatic hydroxyl groups is 1. The van der Waals surface area contributed by atoms with Crippen LogP contribution in [-0.2, 0) is 6.42 Å². The topological polar surface area (TPSA) is 59.2 Å². The third kappa shape index (κ3) is 4.29. The molecule has 1 unspecified atom stereocenters. The number of aromatic nitrogens is 2. The van der Waals surface area contributed by atoms with E-state index in [-0.39, 0.29) is 0 Å². The summed E-state index contributed by atoms with van der Waals surface area (Å²) in [4.78, 5) is 8.77. The molecular weight excluding hydrogens is 348 g/mol. The number of rotatable bonds is 7. The molecule has 0 spiro atoms. The Kier molecular flexibility index (Phi) is 5.49. The van der Waals surface area contributed by atoms with Crippen molar-refractivity contribution in [2.45, 2.75) is 38.7 Å². The summed E-state index contributed by atoms with van der Waals surface area (Å²) in [6.45, 7) is 2.06. The summed E-state index contributed by atoms with van der Waals surface area (Å²) in [6.07, 6.45) is 4.68. The zero-order valence-electron chi connectivity index (χ0n) is 16.0. The van der Waals surface area contributed by atoms with Gasteiger partial charge in [-0.2, -0.15) is 4.98 Å². The Morgan fingerprint density at radius 2 is 1.75 bits per heavy atom. The second kappa shape index (κ2) is 8.36. The lowest BCUT2D eigenvalue weighted by atomic mass is 10.1. The number of hydrogen-bond donors (Lipinski definition) is 1. The molecule has 4 rings (SSSR count). The zero-order valence-corrected chi connectivity index (χ0v) is 16.0. The first-order chi connectivity index (χ1) is 13.7. The zero-order chi connectivity index (χ0) is 19.3. The lowest BCUT2D eigenvalue weighted by Gasteiger charge is -2.06. The van der Waals surface area contributed by atoms with Gasteiger partial charge in [0.15, 0.2) is 11.2 Å². The molecule has 142 valence electrons. The average molecular weight is 372 g/mol. The van der Waals surface area contributed by atoms with E-state index < -0.39 is 6.10 Å². The summed E-state index contributed by atoms with van der Waals surface area (Å²) in [5, 5.41) is 10.5. The van der Waals surface area contributed by atoms with Gasteiger partial charge in [-0.3, -0.25) is 0 Å². The molecule has 0 aliphatic rings. The maximum atomic E-state index is 10.5. The number of unbranched alkanes of at least 4 members (excludes halogenated alkanes) is 1. The molecule has 0 aliphatic heterocycles. The minimum atomic E-state index is -0.701. The van der Waals surface area contributed by atoms with Crippen LogP contribution < -0.4 is 0 Å². The molecule has 4 nitrogen and oxygen atoms in total. The summed E-state index contributed by atoms with van der Waals surface area (Å²) in [5.74, 6) is 0.350. The molecule has 1 atom stereocenters. The molecule has 0 aliphatic carbocycles. The van der Waals surface area contributed by atoms with E-state index in [1.807, 2.05) is 12.1 Å². The Morgan fingerprint density at radius 1 is 0.964 bits per heavy atom. The van der Waals surface area contributed by atoms with E-state index in [9.17, 15) is 5.11 Å². The van der Waals surface area contributed by atoms with Gasteiger partial charge in [0.2, 0.25) is 5.89 Å². The van der Waals surface area contributed by atoms with Crippen LogP contribution in [0.25, 0.3) is 22.4 Å². The van der Waals surface area contributed by atoms with Crippen LogP contribution in [0.2, 0.25) is 0 Å². The smallest absolute Gasteiger partial charge is 0.225 e. The standard InChI is InChI=1S/C24H24N2O2/c1-17-11-13-19(14-12-17)20-15-22-23(25-16-20)26-24(28-22)21(27)10-6-5-9-18-7-3-2-4-8-18/h2-4,7-8,11-16,21,27H,5-6,9-10H2,1H3. The molecule has 0 fully saturated rings. The van der Waals surface area contributed by atoms with Crippen LogP contribution in [0.3, 0.4) is 0 Å². The molecule has 0 saturated heterocycles. The van der Waals surface area contributed by atoms with Gasteiger partial charge in [-0.15, -0.1) is 0 Å². The predicted molar refractivity (Wildman–Crippen MR) is 111 cm³/mol. The Labute approximate surface area is 164 Å². The lowest BCUT2D eigenvalue weighted by molar-refractivity contribution is 0.133. The lowest BCUT2D eigenvalue weighted by Crippen LogP contribution is -1.98. The van der Waals surface area contributed by atoms with Crippen LogP contribution in [0.4, 0.5) is 0 Å². The van der Waals surface area contributed by atoms with Gasteiger partial charge in [0.25, 0.3) is 0 Å². The fourth-order valence-electron chi connectivity index (χ4n) is 3.32. The van der Waals surface area contributed by atoms with E-state index in [1.54, 1.807) is 6.20 Å². The molecule has 0 saturated carbocycles. The highest BCUT2D eigenvalue weighted by Gasteiger charge is 2.16. The molecule has 1 N–H and O–H groups in total. The fraction of sp³-hybridized carbons (Fsp3) is 0.250. The van der Waals surface area contributed by atoms with Crippen molar-refractivity contribution in [1.29, 1.82) is 0 Å². The van der Waals surface area contributed by atoms with Crippen molar-refractivity contribution in [3.8, 4) is 11.1 Å². The molecule has 28 heavy (non-hydrogen) atoms. The monoisotopic (exact) mass is 372 g/mol. The van der Waals surface area contributed by atoms with Crippen LogP contribution in [0.15, 0.2) is 71.3 Å². The average Bonchev–Trinajstić information content (AvgIpc) is 3.16. The van der Waals surface area contributed by atoms with Gasteiger partial charge in [0, 0.05) is 11.8 Å². The minimum absolute atomic E-state index is 0.350. The van der Waals surface area contributed by atoms with Crippen molar-refractivity contribution in [2.75, 3.05) is 0 Å². The van der Waals surface area contributed by atoms with E-state index in [4.69, 9.17) is 4.42 Å². The second-order valence-electron chi connectivity index (χ2n) is 7.21. The molecule has 4 heteroatoms. The van der Waals surface area contributed by atoms with Gasteiger partial charge in [0.05, 0.1) is 0 Å². The van der Waals surface area contributed by atoms with Crippen LogP contribution >= 0.6 is 0 Å². The van der Waals surface area contributed by atoms with Crippen molar-refractivity contribution in [2.24, 2.45) is 0 Å². The Morgan fingerprint density at radius 3 is 2.54 bits per heavy atom. The van der Waals surface area contributed by atoms with Crippen molar-refractivity contribution < 1.29 is 9.52 Å². The van der Waals surface area contributed by atoms with Gasteiger partial charge in [-0.05, 0) is 43.4 Å². The molecule has 2 aromatic heterocycles. The van der Waals surface area contributed by atoms with Gasteiger partial charge >= 0.3 is 0 Å². The molecular formula is C24H24N2O2. The summed E-state index contributed by atoms with van der Waals surface area (Å²) in [7, 11) is 0. The number of benzene rings is 2. The predicted octanol–water partition coefficient (Wildman–Crippen LogP) is 5.64. The minimum Gasteiger partial charge on any atom is -0.436 e. The van der Waals surface area contributed by atoms with Gasteiger partial charge in [-0.25, -0.2) is 4.98 Å². The van der Waals surface area contributed by atoms with E-state index in [0.717, 1.165) is 30.4 Å². The van der Waals surface area contributed by atoms with E-state index in [0.29, 0.717) is 23.5 Å². The van der Waals surface area contributed by atoms with Crippen molar-refractivity contribution in [1.82, 2.24) is 9.97 Å². The van der Waals surface area contributed by atoms with Crippen LogP contribution in [0.5, 0.6) is 0 Å². The summed E-state index contributed by atoms with van der Waals surface area (Å²) < 4.78 is 5.81. The number of aryl methyl sites for hydroxylation is 2. The quantitative estimate of drug-likeness (QED) is 0.426. The van der Waals surface area contributed by atoms with Crippen LogP contribution in [0.1, 0.15) is 42.4 Å². The first kappa shape index (κ1) is 18.4. The Balaban J connectivity index is 1.40. The van der Waals surface area contributed by atoms with E-state index >= 15 is 0 Å². The maximum Gasteiger partial charge on any atom is 0.225 e. The largest absolute Gasteiger partial charge is 0.436 e. The van der Waals surface area contributed by atoms with Crippen molar-refractivity contribution >= 4 is 11.2 Å². The normalized spacial score (nSPS) is 12.4. The molecule has 4 aromatic rings. The molecule has 2 heterocycles. The fourth-order valence-corrected chi connectivity index (χ4v) is 3.32. The summed E-state index contributed by atoms with van der Waals surface area (Å²) in [5.41, 5.74) is 5.75. The first-order valence-electron chi connectivity index (χ1n) is 9.74. The summed E-state index contributed by atoms with van der Waals surface area (Å²) in [6, 6.07) is 20.6. The molecule has 0 amide bonds. The highest BCUT2D eigenvalue weighted by Crippen LogP contribution is 2.27. The van der Waals surface area contributed by atoms with Crippen LogP contribution in [-0.4, -0.2) is 15.1 Å². The van der Waals surface area contributed by atoms with Crippen LogP contribution in [0, 0.1) is 6.92 Å². The molecule has 0 radical (unpaired) electrons. The third-order valence-electron chi connectivity index (χ3n) is 4.97. The van der Waals surface area contributed by atoms with E-state index in [2.05, 4.69) is 65.4 Å². The second-order valence-corrected chi connectivity index (χ2v) is 7.21. The first-order valence-corrected chi connectivity index (χ1v) is 9.74. The van der Waals surface area contributed by atoms with Gasteiger partial charge in [0.1, 0.15) is 6.10 Å². The highest BCUT2D eigenvalue weighted by atomic mass is 16.4. The Hall–Kier alpha value is -2.98. The number of oxazole rings is 1. The van der Waals surface area contributed by atoms with Crippen molar-refractivity contribution in [3.05, 3.63) is 83.9 Å².